The van der Waals surface area contributed by atoms with Crippen LogP contribution in [-0.2, 0) is 4.79 Å². The van der Waals surface area contributed by atoms with Crippen LogP contribution >= 0.6 is 11.9 Å². The number of aromatic nitrogens is 2. The number of aromatic amines is 1. The number of nitrogens with zero attached hydrogens (tertiary/aromatic N) is 2. The van der Waals surface area contributed by atoms with Crippen molar-refractivity contribution in [3.05, 3.63) is 30.0 Å². The SMILES string of the molecule is Cc1[nH]nc2c1N(CC(=O)NC1CCCCC1)Sc1ccccc1-2. The fourth-order valence-electron chi connectivity index (χ4n) is 3.58. The van der Waals surface area contributed by atoms with Gasteiger partial charge in [0.2, 0.25) is 5.91 Å². The normalized spacial score (nSPS) is 17.3. The molecule has 6 heteroatoms. The van der Waals surface area contributed by atoms with E-state index in [-0.39, 0.29) is 5.91 Å². The second-order valence-electron chi connectivity index (χ2n) is 6.57. The van der Waals surface area contributed by atoms with Crippen LogP contribution in [0, 0.1) is 6.92 Å². The first-order chi connectivity index (χ1) is 11.7. The molecule has 24 heavy (non-hydrogen) atoms. The molecule has 5 nitrogen and oxygen atoms in total. The van der Waals surface area contributed by atoms with Gasteiger partial charge in [0.05, 0.1) is 11.4 Å². The molecule has 1 aromatic carbocycles. The zero-order valence-electron chi connectivity index (χ0n) is 13.8. The van der Waals surface area contributed by atoms with Crippen LogP contribution in [0.1, 0.15) is 37.8 Å². The van der Waals surface area contributed by atoms with Crippen LogP contribution in [0.15, 0.2) is 29.2 Å². The molecule has 1 saturated carbocycles. The van der Waals surface area contributed by atoms with Crippen LogP contribution in [0.4, 0.5) is 5.69 Å². The third-order valence-electron chi connectivity index (χ3n) is 4.77. The third-order valence-corrected chi connectivity index (χ3v) is 5.86. The van der Waals surface area contributed by atoms with Gasteiger partial charge in [0.25, 0.3) is 0 Å². The molecular formula is C18H22N4OS. The number of nitrogens with one attached hydrogen (secondary N) is 2. The number of benzene rings is 1. The number of hydrogen-bond acceptors (Lipinski definition) is 4. The predicted molar refractivity (Wildman–Crippen MR) is 97.0 cm³/mol. The smallest absolute Gasteiger partial charge is 0.240 e. The summed E-state index contributed by atoms with van der Waals surface area (Å²) in [6.07, 6.45) is 5.96. The van der Waals surface area contributed by atoms with Gasteiger partial charge in [-0.25, -0.2) is 0 Å². The van der Waals surface area contributed by atoms with Gasteiger partial charge in [0.1, 0.15) is 12.2 Å². The van der Waals surface area contributed by atoms with Gasteiger partial charge in [-0.05, 0) is 37.8 Å². The monoisotopic (exact) mass is 342 g/mol. The zero-order chi connectivity index (χ0) is 16.5. The standard InChI is InChI=1S/C18H22N4OS/c1-12-18-17(21-20-12)14-9-5-6-10-15(14)24-22(18)11-16(23)19-13-7-3-2-4-8-13/h5-6,9-10,13H,2-4,7-8,11H2,1H3,(H,19,23)(H,20,21). The summed E-state index contributed by atoms with van der Waals surface area (Å²) in [7, 11) is 0. The van der Waals surface area contributed by atoms with Crippen LogP contribution in [-0.4, -0.2) is 28.7 Å². The maximum Gasteiger partial charge on any atom is 0.240 e. The van der Waals surface area contributed by atoms with Gasteiger partial charge < -0.3 is 5.32 Å². The molecule has 1 aromatic heterocycles. The quantitative estimate of drug-likeness (QED) is 0.836. The summed E-state index contributed by atoms with van der Waals surface area (Å²) >= 11 is 1.62. The van der Waals surface area contributed by atoms with Crippen molar-refractivity contribution in [2.45, 2.75) is 50.0 Å². The van der Waals surface area contributed by atoms with E-state index < -0.39 is 0 Å². The Morgan fingerprint density at radius 3 is 2.96 bits per heavy atom. The Bertz CT molecular complexity index is 751. The van der Waals surface area contributed by atoms with E-state index in [1.165, 1.54) is 19.3 Å². The lowest BCUT2D eigenvalue weighted by atomic mass is 9.95. The minimum absolute atomic E-state index is 0.0975. The molecule has 1 aliphatic heterocycles. The highest BCUT2D eigenvalue weighted by Gasteiger charge is 2.29. The molecule has 0 unspecified atom stereocenters. The summed E-state index contributed by atoms with van der Waals surface area (Å²) in [6.45, 7) is 2.36. The summed E-state index contributed by atoms with van der Waals surface area (Å²) in [5.41, 5.74) is 4.09. The Morgan fingerprint density at radius 1 is 1.33 bits per heavy atom. The molecule has 4 rings (SSSR count). The number of hydrogen-bond donors (Lipinski definition) is 2. The van der Waals surface area contributed by atoms with Crippen molar-refractivity contribution < 1.29 is 4.79 Å². The molecule has 1 amide bonds. The average Bonchev–Trinajstić information content (AvgIpc) is 2.98. The van der Waals surface area contributed by atoms with E-state index in [0.29, 0.717) is 12.6 Å². The molecule has 2 heterocycles. The van der Waals surface area contributed by atoms with E-state index in [4.69, 9.17) is 0 Å². The maximum atomic E-state index is 12.5. The van der Waals surface area contributed by atoms with Crippen molar-refractivity contribution in [1.29, 1.82) is 0 Å². The fraction of sp³-hybridized carbons (Fsp3) is 0.444. The largest absolute Gasteiger partial charge is 0.352 e. The summed E-state index contributed by atoms with van der Waals surface area (Å²) in [4.78, 5) is 13.7. The molecule has 2 N–H and O–H groups in total. The van der Waals surface area contributed by atoms with Crippen LogP contribution in [0.3, 0.4) is 0 Å². The minimum Gasteiger partial charge on any atom is -0.352 e. The highest BCUT2D eigenvalue weighted by molar-refractivity contribution is 8.01. The molecule has 0 spiro atoms. The lowest BCUT2D eigenvalue weighted by Gasteiger charge is -2.29. The number of aryl methyl sites for hydroxylation is 1. The number of carbonyl (C=O) groups excluding carboxylic acids is 1. The zero-order valence-corrected chi connectivity index (χ0v) is 14.7. The van der Waals surface area contributed by atoms with Gasteiger partial charge in [-0.1, -0.05) is 37.5 Å². The van der Waals surface area contributed by atoms with Crippen LogP contribution in [0.25, 0.3) is 11.3 Å². The summed E-state index contributed by atoms with van der Waals surface area (Å²) in [6, 6.07) is 8.56. The fourth-order valence-corrected chi connectivity index (χ4v) is 4.72. The number of fused-ring (bicyclic) bond motifs is 3. The van der Waals surface area contributed by atoms with E-state index in [1.807, 2.05) is 19.1 Å². The van der Waals surface area contributed by atoms with E-state index >= 15 is 0 Å². The molecule has 0 bridgehead atoms. The Balaban J connectivity index is 1.53. The number of rotatable bonds is 3. The van der Waals surface area contributed by atoms with Gasteiger partial charge >= 0.3 is 0 Å². The van der Waals surface area contributed by atoms with Gasteiger partial charge in [-0.15, -0.1) is 0 Å². The molecule has 0 atom stereocenters. The third kappa shape index (κ3) is 2.90. The molecule has 2 aliphatic rings. The number of carbonyl (C=O) groups is 1. The second kappa shape index (κ2) is 6.51. The molecule has 1 fully saturated rings. The topological polar surface area (TPSA) is 61.0 Å². The molecule has 0 radical (unpaired) electrons. The summed E-state index contributed by atoms with van der Waals surface area (Å²) < 4.78 is 2.06. The van der Waals surface area contributed by atoms with Gasteiger partial charge in [-0.3, -0.25) is 14.2 Å². The van der Waals surface area contributed by atoms with E-state index in [2.05, 4.69) is 32.0 Å². The number of anilines is 1. The Morgan fingerprint density at radius 2 is 2.12 bits per heavy atom. The summed E-state index contributed by atoms with van der Waals surface area (Å²) in [5.74, 6) is 0.0975. The van der Waals surface area contributed by atoms with Crippen molar-refractivity contribution >= 4 is 23.5 Å². The minimum atomic E-state index is 0.0975. The van der Waals surface area contributed by atoms with Crippen LogP contribution < -0.4 is 9.62 Å². The lowest BCUT2D eigenvalue weighted by molar-refractivity contribution is -0.120. The highest BCUT2D eigenvalue weighted by atomic mass is 32.2. The Kier molecular flexibility index (Phi) is 4.22. The second-order valence-corrected chi connectivity index (χ2v) is 7.64. The van der Waals surface area contributed by atoms with Crippen molar-refractivity contribution in [2.24, 2.45) is 0 Å². The molecule has 0 saturated heterocycles. The first-order valence-electron chi connectivity index (χ1n) is 8.61. The van der Waals surface area contributed by atoms with Gasteiger partial charge in [0.15, 0.2) is 0 Å². The Labute approximate surface area is 146 Å². The maximum absolute atomic E-state index is 12.5. The van der Waals surface area contributed by atoms with Gasteiger partial charge in [0, 0.05) is 16.5 Å². The van der Waals surface area contributed by atoms with E-state index in [0.717, 1.165) is 40.4 Å². The first kappa shape index (κ1) is 15.6. The number of H-pyrrole nitrogens is 1. The van der Waals surface area contributed by atoms with Crippen molar-refractivity contribution in [2.75, 3.05) is 10.8 Å². The van der Waals surface area contributed by atoms with Crippen molar-refractivity contribution in [3.63, 3.8) is 0 Å². The Hall–Kier alpha value is -1.95. The summed E-state index contributed by atoms with van der Waals surface area (Å²) in [5, 5.41) is 10.7. The van der Waals surface area contributed by atoms with Crippen LogP contribution in [0.2, 0.25) is 0 Å². The van der Waals surface area contributed by atoms with E-state index in [9.17, 15) is 4.79 Å². The predicted octanol–water partition coefficient (Wildman–Crippen LogP) is 3.66. The number of amides is 1. The lowest BCUT2D eigenvalue weighted by Crippen LogP contribution is -2.41. The highest BCUT2D eigenvalue weighted by Crippen LogP contribution is 2.46. The van der Waals surface area contributed by atoms with Crippen molar-refractivity contribution in [3.8, 4) is 11.3 Å². The molecule has 2 aromatic rings. The first-order valence-corrected chi connectivity index (χ1v) is 9.39. The average molecular weight is 342 g/mol. The van der Waals surface area contributed by atoms with E-state index in [1.54, 1.807) is 11.9 Å². The van der Waals surface area contributed by atoms with Crippen molar-refractivity contribution in [1.82, 2.24) is 15.5 Å². The van der Waals surface area contributed by atoms with Gasteiger partial charge in [-0.2, -0.15) is 5.10 Å². The van der Waals surface area contributed by atoms with Crippen LogP contribution in [0.5, 0.6) is 0 Å². The molecular weight excluding hydrogens is 320 g/mol. The molecule has 1 aliphatic carbocycles. The molecule has 126 valence electrons.